The summed E-state index contributed by atoms with van der Waals surface area (Å²) in [5, 5.41) is 0. The summed E-state index contributed by atoms with van der Waals surface area (Å²) in [4.78, 5) is 0. The van der Waals surface area contributed by atoms with Crippen molar-refractivity contribution >= 4 is 28.7 Å². The van der Waals surface area contributed by atoms with Gasteiger partial charge in [-0.3, -0.25) is 0 Å². The molecule has 0 nitrogen and oxygen atoms in total. The van der Waals surface area contributed by atoms with Crippen molar-refractivity contribution in [3.8, 4) is 0 Å². The van der Waals surface area contributed by atoms with Gasteiger partial charge in [-0.25, -0.2) is 0 Å². The topological polar surface area (TPSA) is 0 Å². The fraction of sp³-hybridized carbons (Fsp3) is 0.273. The van der Waals surface area contributed by atoms with Gasteiger partial charge in [-0.15, -0.1) is 0 Å². The van der Waals surface area contributed by atoms with Crippen molar-refractivity contribution in [3.63, 3.8) is 0 Å². The van der Waals surface area contributed by atoms with Gasteiger partial charge in [0.2, 0.25) is 0 Å². The summed E-state index contributed by atoms with van der Waals surface area (Å²) in [5.74, 6) is 0. The molecule has 0 aromatic heterocycles. The molecule has 0 spiro atoms. The Kier molecular flexibility index (Phi) is 1.79. The second kappa shape index (κ2) is 2.59. The average molecular weight is 270 g/mol. The third kappa shape index (κ3) is 1.20. The van der Waals surface area contributed by atoms with E-state index in [1.54, 1.807) is 0 Å². The number of hydrogen-bond acceptors (Lipinski definition) is 0. The van der Waals surface area contributed by atoms with Crippen LogP contribution in [-0.4, -0.2) is 0 Å². The highest BCUT2D eigenvalue weighted by Crippen LogP contribution is 2.35. The Hall–Kier alpha value is -0.310. The van der Waals surface area contributed by atoms with Crippen molar-refractivity contribution in [1.29, 1.82) is 0 Å². The van der Waals surface area contributed by atoms with Crippen molar-refractivity contribution in [2.45, 2.75) is 19.3 Å². The van der Waals surface area contributed by atoms with Crippen LogP contribution >= 0.6 is 22.6 Å². The lowest BCUT2D eigenvalue weighted by molar-refractivity contribution is 0.683. The zero-order valence-electron chi connectivity index (χ0n) is 7.26. The summed E-state index contributed by atoms with van der Waals surface area (Å²) < 4.78 is 1.31. The predicted octanol–water partition coefficient (Wildman–Crippen LogP) is 3.60. The van der Waals surface area contributed by atoms with Crippen LogP contribution in [-0.2, 0) is 5.41 Å². The molecule has 0 N–H and O–H groups in total. The Morgan fingerprint density at radius 3 is 2.75 bits per heavy atom. The molecule has 0 atom stereocenters. The van der Waals surface area contributed by atoms with E-state index in [9.17, 15) is 0 Å². The van der Waals surface area contributed by atoms with Gasteiger partial charge in [0, 0.05) is 8.99 Å². The summed E-state index contributed by atoms with van der Waals surface area (Å²) in [6, 6.07) is 6.65. The summed E-state index contributed by atoms with van der Waals surface area (Å²) >= 11 is 2.35. The van der Waals surface area contributed by atoms with Gasteiger partial charge in [-0.2, -0.15) is 0 Å². The van der Waals surface area contributed by atoms with Crippen LogP contribution in [0.15, 0.2) is 24.3 Å². The van der Waals surface area contributed by atoms with Gasteiger partial charge in [0.1, 0.15) is 0 Å². The van der Waals surface area contributed by atoms with Crippen LogP contribution in [0.4, 0.5) is 0 Å². The standard InChI is InChI=1S/C11H11I/c1-11(2)6-5-8-7-9(12)3-4-10(8)11/h3-7H,1-2H3. The van der Waals surface area contributed by atoms with E-state index in [1.165, 1.54) is 14.7 Å². The molecule has 0 fully saturated rings. The molecule has 0 bridgehead atoms. The van der Waals surface area contributed by atoms with Gasteiger partial charge in [0.05, 0.1) is 0 Å². The zero-order chi connectivity index (χ0) is 8.77. The van der Waals surface area contributed by atoms with Crippen molar-refractivity contribution in [3.05, 3.63) is 39.0 Å². The Balaban J connectivity index is 2.62. The highest BCUT2D eigenvalue weighted by Gasteiger charge is 2.24. The minimum Gasteiger partial charge on any atom is -0.0739 e. The first-order chi connectivity index (χ1) is 5.59. The number of allylic oxidation sites excluding steroid dienone is 1. The van der Waals surface area contributed by atoms with E-state index in [4.69, 9.17) is 0 Å². The Morgan fingerprint density at radius 2 is 2.00 bits per heavy atom. The molecular formula is C11H11I. The highest BCUT2D eigenvalue weighted by atomic mass is 127. The molecular weight excluding hydrogens is 259 g/mol. The van der Waals surface area contributed by atoms with E-state index >= 15 is 0 Å². The summed E-state index contributed by atoms with van der Waals surface area (Å²) in [5.41, 5.74) is 3.06. The van der Waals surface area contributed by atoms with Crippen molar-refractivity contribution in [1.82, 2.24) is 0 Å². The molecule has 0 amide bonds. The molecule has 0 radical (unpaired) electrons. The summed E-state index contributed by atoms with van der Waals surface area (Å²) in [6.07, 6.45) is 4.49. The number of hydrogen-bond donors (Lipinski definition) is 0. The fourth-order valence-electron chi connectivity index (χ4n) is 1.65. The molecule has 1 aliphatic rings. The molecule has 0 heterocycles. The Labute approximate surface area is 86.8 Å². The van der Waals surface area contributed by atoms with Crippen LogP contribution in [0.1, 0.15) is 25.0 Å². The zero-order valence-corrected chi connectivity index (χ0v) is 9.42. The molecule has 1 heteroatoms. The fourth-order valence-corrected chi connectivity index (χ4v) is 2.16. The maximum atomic E-state index is 2.35. The third-order valence-corrected chi connectivity index (χ3v) is 3.06. The lowest BCUT2D eigenvalue weighted by Gasteiger charge is -2.17. The monoisotopic (exact) mass is 270 g/mol. The van der Waals surface area contributed by atoms with Crippen LogP contribution in [0.5, 0.6) is 0 Å². The smallest absolute Gasteiger partial charge is 0.0136 e. The van der Waals surface area contributed by atoms with E-state index in [2.05, 4.69) is 66.8 Å². The molecule has 0 saturated carbocycles. The average Bonchev–Trinajstić information content (AvgIpc) is 2.27. The van der Waals surface area contributed by atoms with E-state index in [0.717, 1.165) is 0 Å². The normalized spacial score (nSPS) is 17.9. The van der Waals surface area contributed by atoms with Crippen LogP contribution in [0.25, 0.3) is 6.08 Å². The Bertz CT molecular complexity index is 348. The minimum absolute atomic E-state index is 0.236. The molecule has 2 rings (SSSR count). The number of benzene rings is 1. The van der Waals surface area contributed by atoms with Crippen molar-refractivity contribution in [2.24, 2.45) is 0 Å². The third-order valence-electron chi connectivity index (χ3n) is 2.39. The molecule has 0 saturated heterocycles. The first-order valence-corrected chi connectivity index (χ1v) is 5.17. The molecule has 1 aromatic rings. The number of fused-ring (bicyclic) bond motifs is 1. The van der Waals surface area contributed by atoms with Crippen molar-refractivity contribution < 1.29 is 0 Å². The van der Waals surface area contributed by atoms with Crippen LogP contribution < -0.4 is 0 Å². The van der Waals surface area contributed by atoms with Crippen molar-refractivity contribution in [2.75, 3.05) is 0 Å². The molecule has 0 unspecified atom stereocenters. The molecule has 1 aromatic carbocycles. The van der Waals surface area contributed by atoms with Gasteiger partial charge >= 0.3 is 0 Å². The molecule has 12 heavy (non-hydrogen) atoms. The number of rotatable bonds is 0. The predicted molar refractivity (Wildman–Crippen MR) is 61.2 cm³/mol. The van der Waals surface area contributed by atoms with Crippen LogP contribution in [0.3, 0.4) is 0 Å². The van der Waals surface area contributed by atoms with Gasteiger partial charge < -0.3 is 0 Å². The number of halogens is 1. The maximum absolute atomic E-state index is 2.35. The highest BCUT2D eigenvalue weighted by molar-refractivity contribution is 14.1. The first kappa shape index (κ1) is 8.30. The summed E-state index contributed by atoms with van der Waals surface area (Å²) in [7, 11) is 0. The van der Waals surface area contributed by atoms with Crippen LogP contribution in [0, 0.1) is 3.57 Å². The van der Waals surface area contributed by atoms with E-state index in [-0.39, 0.29) is 5.41 Å². The first-order valence-electron chi connectivity index (χ1n) is 4.09. The van der Waals surface area contributed by atoms with Gasteiger partial charge in [0.15, 0.2) is 0 Å². The Morgan fingerprint density at radius 1 is 1.25 bits per heavy atom. The van der Waals surface area contributed by atoms with Gasteiger partial charge in [-0.05, 0) is 45.9 Å². The molecule has 1 aliphatic carbocycles. The van der Waals surface area contributed by atoms with E-state index in [0.29, 0.717) is 0 Å². The molecule has 62 valence electrons. The lowest BCUT2D eigenvalue weighted by atomic mass is 9.87. The van der Waals surface area contributed by atoms with E-state index < -0.39 is 0 Å². The summed E-state index contributed by atoms with van der Waals surface area (Å²) in [6.45, 7) is 4.50. The van der Waals surface area contributed by atoms with Gasteiger partial charge in [-0.1, -0.05) is 32.1 Å². The minimum atomic E-state index is 0.236. The maximum Gasteiger partial charge on any atom is 0.0136 e. The SMILES string of the molecule is CC1(C)C=Cc2cc(I)ccc21. The van der Waals surface area contributed by atoms with Crippen LogP contribution in [0.2, 0.25) is 0 Å². The quantitative estimate of drug-likeness (QED) is 0.632. The second-order valence-corrected chi connectivity index (χ2v) is 5.03. The largest absolute Gasteiger partial charge is 0.0739 e. The van der Waals surface area contributed by atoms with E-state index in [1.807, 2.05) is 0 Å². The second-order valence-electron chi connectivity index (χ2n) is 3.79. The lowest BCUT2D eigenvalue weighted by Crippen LogP contribution is -2.10. The molecule has 0 aliphatic heterocycles. The van der Waals surface area contributed by atoms with Gasteiger partial charge in [0.25, 0.3) is 0 Å².